The molecule has 5 nitrogen and oxygen atoms in total. The van der Waals surface area contributed by atoms with Crippen LogP contribution in [0.5, 0.6) is 0 Å². The molecular weight excluding hydrogens is 356 g/mol. The highest BCUT2D eigenvalue weighted by Gasteiger charge is 2.28. The van der Waals surface area contributed by atoms with Crippen molar-refractivity contribution in [1.82, 2.24) is 15.0 Å². The summed E-state index contributed by atoms with van der Waals surface area (Å²) >= 11 is 1.45. The van der Waals surface area contributed by atoms with Gasteiger partial charge in [0.25, 0.3) is 5.91 Å². The van der Waals surface area contributed by atoms with E-state index in [1.54, 1.807) is 6.20 Å². The molecule has 134 valence electrons. The number of pyridine rings is 1. The van der Waals surface area contributed by atoms with E-state index in [-0.39, 0.29) is 5.91 Å². The average Bonchev–Trinajstić information content (AvgIpc) is 3.46. The molecule has 3 heterocycles. The van der Waals surface area contributed by atoms with Gasteiger partial charge in [-0.05, 0) is 44.4 Å². The number of fused-ring (bicyclic) bond motifs is 2. The lowest BCUT2D eigenvalue weighted by Gasteiger charge is -2.07. The van der Waals surface area contributed by atoms with Gasteiger partial charge in [0.1, 0.15) is 10.7 Å². The number of amides is 1. The Kier molecular flexibility index (Phi) is 3.68. The first-order valence-corrected chi connectivity index (χ1v) is 9.86. The fourth-order valence-corrected chi connectivity index (χ4v) is 4.62. The van der Waals surface area contributed by atoms with Crippen LogP contribution < -0.4 is 5.32 Å². The molecule has 0 unspecified atom stereocenters. The molecule has 27 heavy (non-hydrogen) atoms. The summed E-state index contributed by atoms with van der Waals surface area (Å²) in [7, 11) is 0. The van der Waals surface area contributed by atoms with Crippen LogP contribution in [-0.4, -0.2) is 20.9 Å². The van der Waals surface area contributed by atoms with Gasteiger partial charge < -0.3 is 5.32 Å². The highest BCUT2D eigenvalue weighted by molar-refractivity contribution is 7.20. The van der Waals surface area contributed by atoms with Gasteiger partial charge in [0, 0.05) is 22.9 Å². The SMILES string of the molecule is Cc1nc(C2CC2)nc2sc(C(=O)Nc3cccc4cccnc34)c(C)c12. The zero-order valence-corrected chi connectivity index (χ0v) is 15.9. The van der Waals surface area contributed by atoms with Crippen molar-refractivity contribution in [2.45, 2.75) is 32.6 Å². The van der Waals surface area contributed by atoms with Crippen LogP contribution in [0.1, 0.15) is 45.5 Å². The molecule has 0 spiro atoms. The number of para-hydroxylation sites is 1. The van der Waals surface area contributed by atoms with Gasteiger partial charge in [-0.25, -0.2) is 9.97 Å². The summed E-state index contributed by atoms with van der Waals surface area (Å²) in [6.07, 6.45) is 4.06. The Labute approximate surface area is 160 Å². The average molecular weight is 374 g/mol. The number of hydrogen-bond acceptors (Lipinski definition) is 5. The Morgan fingerprint density at radius 3 is 2.78 bits per heavy atom. The molecule has 1 aliphatic carbocycles. The van der Waals surface area contributed by atoms with Gasteiger partial charge in [-0.2, -0.15) is 0 Å². The van der Waals surface area contributed by atoms with E-state index in [4.69, 9.17) is 4.98 Å². The van der Waals surface area contributed by atoms with Crippen molar-refractivity contribution >= 4 is 44.1 Å². The van der Waals surface area contributed by atoms with Gasteiger partial charge in [-0.3, -0.25) is 9.78 Å². The third kappa shape index (κ3) is 2.77. The van der Waals surface area contributed by atoms with Crippen molar-refractivity contribution < 1.29 is 4.79 Å². The molecule has 4 aromatic rings. The standard InChI is InChI=1S/C21H18N4OS/c1-11-16-12(2)23-19(14-8-9-14)25-21(16)27-18(11)20(26)24-15-7-3-5-13-6-4-10-22-17(13)15/h3-7,10,14H,8-9H2,1-2H3,(H,24,26). The number of nitrogens with zero attached hydrogens (tertiary/aromatic N) is 3. The van der Waals surface area contributed by atoms with Gasteiger partial charge >= 0.3 is 0 Å². The van der Waals surface area contributed by atoms with Crippen LogP contribution in [0.25, 0.3) is 21.1 Å². The second-order valence-corrected chi connectivity index (χ2v) is 8.01. The maximum absolute atomic E-state index is 13.0. The van der Waals surface area contributed by atoms with Crippen molar-refractivity contribution in [1.29, 1.82) is 0 Å². The van der Waals surface area contributed by atoms with Gasteiger partial charge in [-0.1, -0.05) is 18.2 Å². The summed E-state index contributed by atoms with van der Waals surface area (Å²) < 4.78 is 0. The van der Waals surface area contributed by atoms with Crippen LogP contribution in [0.2, 0.25) is 0 Å². The lowest BCUT2D eigenvalue weighted by atomic mass is 10.1. The first-order valence-electron chi connectivity index (χ1n) is 9.04. The highest BCUT2D eigenvalue weighted by atomic mass is 32.1. The molecule has 0 saturated heterocycles. The third-order valence-electron chi connectivity index (χ3n) is 5.02. The molecular formula is C21H18N4OS. The highest BCUT2D eigenvalue weighted by Crippen LogP contribution is 2.40. The number of carbonyl (C=O) groups is 1. The number of nitrogens with one attached hydrogen (secondary N) is 1. The molecule has 0 radical (unpaired) electrons. The Balaban J connectivity index is 1.55. The summed E-state index contributed by atoms with van der Waals surface area (Å²) in [4.78, 5) is 28.4. The molecule has 0 aliphatic heterocycles. The molecule has 1 amide bonds. The van der Waals surface area contributed by atoms with Crippen LogP contribution >= 0.6 is 11.3 Å². The summed E-state index contributed by atoms with van der Waals surface area (Å²) in [5.74, 6) is 1.29. The van der Waals surface area contributed by atoms with E-state index >= 15 is 0 Å². The maximum atomic E-state index is 13.0. The summed E-state index contributed by atoms with van der Waals surface area (Å²) in [6.45, 7) is 3.98. The number of hydrogen-bond donors (Lipinski definition) is 1. The quantitative estimate of drug-likeness (QED) is 0.549. The smallest absolute Gasteiger partial charge is 0.266 e. The molecule has 6 heteroatoms. The molecule has 1 aromatic carbocycles. The van der Waals surface area contributed by atoms with E-state index < -0.39 is 0 Å². The third-order valence-corrected chi connectivity index (χ3v) is 6.20. The van der Waals surface area contributed by atoms with Crippen molar-refractivity contribution in [3.63, 3.8) is 0 Å². The number of thiophene rings is 1. The van der Waals surface area contributed by atoms with E-state index in [1.807, 2.05) is 44.2 Å². The van der Waals surface area contributed by atoms with E-state index in [9.17, 15) is 4.79 Å². The number of carbonyl (C=O) groups excluding carboxylic acids is 1. The minimum atomic E-state index is -0.124. The number of aryl methyl sites for hydroxylation is 2. The largest absolute Gasteiger partial charge is 0.319 e. The van der Waals surface area contributed by atoms with Crippen LogP contribution in [0.15, 0.2) is 36.5 Å². The lowest BCUT2D eigenvalue weighted by molar-refractivity contribution is 0.103. The fourth-order valence-electron chi connectivity index (χ4n) is 3.48. The van der Waals surface area contributed by atoms with Crippen LogP contribution in [0.4, 0.5) is 5.69 Å². The molecule has 3 aromatic heterocycles. The Morgan fingerprint density at radius 1 is 1.15 bits per heavy atom. The van der Waals surface area contributed by atoms with Crippen molar-refractivity contribution in [2.24, 2.45) is 0 Å². The normalized spacial score (nSPS) is 14.0. The minimum Gasteiger partial charge on any atom is -0.319 e. The van der Waals surface area contributed by atoms with Crippen LogP contribution in [0, 0.1) is 13.8 Å². The zero-order valence-electron chi connectivity index (χ0n) is 15.1. The van der Waals surface area contributed by atoms with Crippen LogP contribution in [-0.2, 0) is 0 Å². The molecule has 1 fully saturated rings. The van der Waals surface area contributed by atoms with Crippen molar-refractivity contribution in [3.05, 3.63) is 58.5 Å². The first kappa shape index (κ1) is 16.3. The first-order chi connectivity index (χ1) is 13.1. The van der Waals surface area contributed by atoms with E-state index in [2.05, 4.69) is 15.3 Å². The minimum absolute atomic E-state index is 0.124. The van der Waals surface area contributed by atoms with Crippen molar-refractivity contribution in [3.8, 4) is 0 Å². The lowest BCUT2D eigenvalue weighted by Crippen LogP contribution is -2.12. The second kappa shape index (κ2) is 6.09. The molecule has 1 saturated carbocycles. The summed E-state index contributed by atoms with van der Waals surface area (Å²) in [6, 6.07) is 9.67. The van der Waals surface area contributed by atoms with Gasteiger partial charge in [0.05, 0.1) is 21.8 Å². The maximum Gasteiger partial charge on any atom is 0.266 e. The van der Waals surface area contributed by atoms with E-state index in [1.165, 1.54) is 11.3 Å². The number of aromatic nitrogens is 3. The van der Waals surface area contributed by atoms with E-state index in [0.717, 1.165) is 56.7 Å². The monoisotopic (exact) mass is 374 g/mol. The Hall–Kier alpha value is -2.86. The topological polar surface area (TPSA) is 67.8 Å². The fraction of sp³-hybridized carbons (Fsp3) is 0.238. The Bertz CT molecular complexity index is 1200. The second-order valence-electron chi connectivity index (χ2n) is 7.01. The predicted molar refractivity (Wildman–Crippen MR) is 109 cm³/mol. The number of benzene rings is 1. The van der Waals surface area contributed by atoms with Crippen LogP contribution in [0.3, 0.4) is 0 Å². The van der Waals surface area contributed by atoms with Crippen molar-refractivity contribution in [2.75, 3.05) is 5.32 Å². The summed E-state index contributed by atoms with van der Waals surface area (Å²) in [5.41, 5.74) is 3.41. The number of anilines is 1. The molecule has 0 bridgehead atoms. The van der Waals surface area contributed by atoms with Gasteiger partial charge in [-0.15, -0.1) is 11.3 Å². The van der Waals surface area contributed by atoms with Gasteiger partial charge in [0.2, 0.25) is 0 Å². The Morgan fingerprint density at radius 2 is 1.96 bits per heavy atom. The molecule has 0 atom stereocenters. The van der Waals surface area contributed by atoms with Gasteiger partial charge in [0.15, 0.2) is 0 Å². The molecule has 5 rings (SSSR count). The zero-order chi connectivity index (χ0) is 18.5. The molecule has 1 aliphatic rings. The van der Waals surface area contributed by atoms with E-state index in [0.29, 0.717) is 10.8 Å². The molecule has 1 N–H and O–H groups in total. The predicted octanol–water partition coefficient (Wildman–Crippen LogP) is 4.99. The number of rotatable bonds is 3. The summed E-state index contributed by atoms with van der Waals surface area (Å²) in [5, 5.41) is 5.04.